The number of rotatable bonds is 6. The Morgan fingerprint density at radius 2 is 2.33 bits per heavy atom. The van der Waals surface area contributed by atoms with Gasteiger partial charge in [0.2, 0.25) is 11.7 Å². The van der Waals surface area contributed by atoms with Gasteiger partial charge in [-0.15, -0.1) is 0 Å². The molecule has 0 saturated carbocycles. The third kappa shape index (κ3) is 2.98. The summed E-state index contributed by atoms with van der Waals surface area (Å²) >= 11 is 0. The molecule has 0 fully saturated rings. The molecule has 1 aromatic heterocycles. The summed E-state index contributed by atoms with van der Waals surface area (Å²) in [5.41, 5.74) is 5.54. The summed E-state index contributed by atoms with van der Waals surface area (Å²) in [6, 6.07) is -0.620. The molecule has 1 heterocycles. The molecule has 0 aromatic carbocycles. The minimum Gasteiger partial charge on any atom is -0.394 e. The Morgan fingerprint density at radius 3 is 2.87 bits per heavy atom. The van der Waals surface area contributed by atoms with Gasteiger partial charge in [0.1, 0.15) is 12.1 Å². The quantitative estimate of drug-likeness (QED) is 0.719. The Labute approximate surface area is 88.4 Å². The predicted octanol–water partition coefficient (Wildman–Crippen LogP) is 0.549. The largest absolute Gasteiger partial charge is 0.394 e. The van der Waals surface area contributed by atoms with Crippen LogP contribution in [0.4, 0.5) is 0 Å². The van der Waals surface area contributed by atoms with Crippen LogP contribution in [0.15, 0.2) is 4.52 Å². The van der Waals surface area contributed by atoms with Gasteiger partial charge >= 0.3 is 0 Å². The molecule has 15 heavy (non-hydrogen) atoms. The van der Waals surface area contributed by atoms with Gasteiger partial charge in [-0.25, -0.2) is 0 Å². The first-order valence-corrected chi connectivity index (χ1v) is 4.95. The van der Waals surface area contributed by atoms with Gasteiger partial charge in [0.05, 0.1) is 6.61 Å². The molecule has 6 heteroatoms. The van der Waals surface area contributed by atoms with Crippen LogP contribution in [0.5, 0.6) is 0 Å². The molecule has 0 aliphatic carbocycles. The first-order chi connectivity index (χ1) is 7.22. The molecule has 0 saturated heterocycles. The third-order valence-electron chi connectivity index (χ3n) is 2.09. The number of hydrogen-bond donors (Lipinski definition) is 2. The van der Waals surface area contributed by atoms with Crippen molar-refractivity contribution in [1.82, 2.24) is 10.1 Å². The van der Waals surface area contributed by atoms with Gasteiger partial charge in [-0.3, -0.25) is 0 Å². The van der Waals surface area contributed by atoms with Crippen LogP contribution in [0.25, 0.3) is 0 Å². The number of hydrogen-bond acceptors (Lipinski definition) is 6. The lowest BCUT2D eigenvalue weighted by atomic mass is 10.2. The molecule has 1 unspecified atom stereocenters. The first kappa shape index (κ1) is 12.1. The number of nitrogens with zero attached hydrogens (tertiary/aromatic N) is 2. The number of nitrogens with two attached hydrogens (primary N) is 1. The van der Waals surface area contributed by atoms with Gasteiger partial charge in [0.15, 0.2) is 0 Å². The number of ether oxygens (including phenoxy) is 1. The maximum absolute atomic E-state index is 8.81. The summed E-state index contributed by atoms with van der Waals surface area (Å²) in [5, 5.41) is 12.6. The molecule has 0 spiro atoms. The van der Waals surface area contributed by atoms with Gasteiger partial charge in [-0.2, -0.15) is 4.98 Å². The van der Waals surface area contributed by atoms with Gasteiger partial charge in [-0.1, -0.05) is 18.5 Å². The van der Waals surface area contributed by atoms with E-state index in [-0.39, 0.29) is 18.6 Å². The number of aliphatic hydroxyl groups is 1. The maximum Gasteiger partial charge on any atom is 0.246 e. The van der Waals surface area contributed by atoms with Crippen molar-refractivity contribution in [3.63, 3.8) is 0 Å². The lowest BCUT2D eigenvalue weighted by molar-refractivity contribution is 0.0854. The van der Waals surface area contributed by atoms with E-state index in [2.05, 4.69) is 10.1 Å². The summed E-state index contributed by atoms with van der Waals surface area (Å²) in [6.07, 6.45) is 1.62. The molecule has 0 bridgehead atoms. The number of aromatic nitrogens is 2. The van der Waals surface area contributed by atoms with Crippen LogP contribution in [0.2, 0.25) is 0 Å². The lowest BCUT2D eigenvalue weighted by Gasteiger charge is -2.08. The Kier molecular flexibility index (Phi) is 4.67. The fourth-order valence-electron chi connectivity index (χ4n) is 1.22. The smallest absolute Gasteiger partial charge is 0.246 e. The molecule has 2 atom stereocenters. The average molecular weight is 215 g/mol. The van der Waals surface area contributed by atoms with Gasteiger partial charge in [-0.05, 0) is 6.42 Å². The minimum atomic E-state index is -0.620. The SMILES string of the molecule is CCCC(OC)c1noc([C@@H](N)CO)n1. The maximum atomic E-state index is 8.81. The summed E-state index contributed by atoms with van der Waals surface area (Å²) < 4.78 is 10.1. The monoisotopic (exact) mass is 215 g/mol. The van der Waals surface area contributed by atoms with Crippen molar-refractivity contribution in [2.24, 2.45) is 5.73 Å². The van der Waals surface area contributed by atoms with Crippen LogP contribution >= 0.6 is 0 Å². The molecule has 0 radical (unpaired) electrons. The number of aliphatic hydroxyl groups excluding tert-OH is 1. The van der Waals surface area contributed by atoms with E-state index in [1.807, 2.05) is 6.92 Å². The van der Waals surface area contributed by atoms with Crippen molar-refractivity contribution < 1.29 is 14.4 Å². The van der Waals surface area contributed by atoms with E-state index in [0.717, 1.165) is 12.8 Å². The van der Waals surface area contributed by atoms with Crippen molar-refractivity contribution in [2.75, 3.05) is 13.7 Å². The molecule has 0 amide bonds. The standard InChI is InChI=1S/C9H17N3O3/c1-3-4-7(14-2)8-11-9(15-12-8)6(10)5-13/h6-7,13H,3-5,10H2,1-2H3/t6-,7?/m0/s1. The zero-order chi connectivity index (χ0) is 11.3. The fourth-order valence-corrected chi connectivity index (χ4v) is 1.22. The van der Waals surface area contributed by atoms with E-state index >= 15 is 0 Å². The molecule has 6 nitrogen and oxygen atoms in total. The zero-order valence-electron chi connectivity index (χ0n) is 9.01. The molecule has 86 valence electrons. The predicted molar refractivity (Wildman–Crippen MR) is 53.0 cm³/mol. The van der Waals surface area contributed by atoms with Gasteiger partial charge < -0.3 is 20.1 Å². The molecule has 3 N–H and O–H groups in total. The summed E-state index contributed by atoms with van der Waals surface area (Å²) in [7, 11) is 1.60. The van der Waals surface area contributed by atoms with E-state index in [1.54, 1.807) is 7.11 Å². The lowest BCUT2D eigenvalue weighted by Crippen LogP contribution is -2.15. The third-order valence-corrected chi connectivity index (χ3v) is 2.09. The Balaban J connectivity index is 2.72. The second-order valence-electron chi connectivity index (χ2n) is 3.29. The van der Waals surface area contributed by atoms with Crippen molar-refractivity contribution in [1.29, 1.82) is 0 Å². The molecular weight excluding hydrogens is 198 g/mol. The molecular formula is C9H17N3O3. The van der Waals surface area contributed by atoms with E-state index in [4.69, 9.17) is 20.1 Å². The van der Waals surface area contributed by atoms with Crippen LogP contribution in [0.3, 0.4) is 0 Å². The van der Waals surface area contributed by atoms with Crippen LogP contribution in [0.1, 0.15) is 43.6 Å². The highest BCUT2D eigenvalue weighted by molar-refractivity contribution is 4.94. The fraction of sp³-hybridized carbons (Fsp3) is 0.778. The summed E-state index contributed by atoms with van der Waals surface area (Å²) in [6.45, 7) is 1.83. The van der Waals surface area contributed by atoms with Crippen molar-refractivity contribution >= 4 is 0 Å². The van der Waals surface area contributed by atoms with Crippen LogP contribution in [-0.2, 0) is 4.74 Å². The van der Waals surface area contributed by atoms with Crippen molar-refractivity contribution in [3.05, 3.63) is 11.7 Å². The Hall–Kier alpha value is -0.980. The normalized spacial score (nSPS) is 15.2. The first-order valence-electron chi connectivity index (χ1n) is 4.95. The number of methoxy groups -OCH3 is 1. The van der Waals surface area contributed by atoms with Crippen LogP contribution < -0.4 is 5.73 Å². The highest BCUT2D eigenvalue weighted by atomic mass is 16.5. The summed E-state index contributed by atoms with van der Waals surface area (Å²) in [5.74, 6) is 0.726. The topological polar surface area (TPSA) is 94.4 Å². The Bertz CT molecular complexity index is 290. The van der Waals surface area contributed by atoms with E-state index < -0.39 is 6.04 Å². The molecule has 1 rings (SSSR count). The second-order valence-corrected chi connectivity index (χ2v) is 3.29. The summed E-state index contributed by atoms with van der Waals surface area (Å²) in [4.78, 5) is 4.08. The Morgan fingerprint density at radius 1 is 1.60 bits per heavy atom. The second kappa shape index (κ2) is 5.79. The highest BCUT2D eigenvalue weighted by Crippen LogP contribution is 2.20. The van der Waals surface area contributed by atoms with Crippen LogP contribution in [-0.4, -0.2) is 29.0 Å². The van der Waals surface area contributed by atoms with Crippen LogP contribution in [0, 0.1) is 0 Å². The molecule has 0 aliphatic heterocycles. The average Bonchev–Trinajstić information content (AvgIpc) is 2.73. The van der Waals surface area contributed by atoms with E-state index in [0.29, 0.717) is 5.82 Å². The molecule has 0 aliphatic rings. The zero-order valence-corrected chi connectivity index (χ0v) is 9.01. The van der Waals surface area contributed by atoms with E-state index in [9.17, 15) is 0 Å². The van der Waals surface area contributed by atoms with Gasteiger partial charge in [0.25, 0.3) is 0 Å². The van der Waals surface area contributed by atoms with Crippen molar-refractivity contribution in [3.8, 4) is 0 Å². The highest BCUT2D eigenvalue weighted by Gasteiger charge is 2.19. The minimum absolute atomic E-state index is 0.168. The van der Waals surface area contributed by atoms with Crippen molar-refractivity contribution in [2.45, 2.75) is 31.9 Å². The van der Waals surface area contributed by atoms with Gasteiger partial charge in [0, 0.05) is 7.11 Å². The molecule has 1 aromatic rings. The van der Waals surface area contributed by atoms with E-state index in [1.165, 1.54) is 0 Å².